The van der Waals surface area contributed by atoms with E-state index in [0.29, 0.717) is 73.9 Å². The Bertz CT molecular complexity index is 1160. The standard InChI is InChI=1S/C23H28FN7O3/c1-3-17-20(30-12-15-6-9-34-13-18(15)28-22(30)27-17)21(32)26-11-14-4-5-19(16(24)10-14)31-8-7-25-23(29-31)33-2/h4-5,10,15H,3,6-9,11-13H2,1-2H3,(H,25,29)(H,26,32). The number of rotatable bonds is 5. The van der Waals surface area contributed by atoms with Gasteiger partial charge >= 0.3 is 6.02 Å². The van der Waals surface area contributed by atoms with E-state index >= 15 is 0 Å². The molecule has 180 valence electrons. The van der Waals surface area contributed by atoms with Gasteiger partial charge in [-0.2, -0.15) is 0 Å². The van der Waals surface area contributed by atoms with Gasteiger partial charge in [-0.25, -0.2) is 19.4 Å². The van der Waals surface area contributed by atoms with Crippen LogP contribution in [-0.2, 0) is 29.0 Å². The highest BCUT2D eigenvalue weighted by atomic mass is 19.1. The molecule has 0 aliphatic carbocycles. The van der Waals surface area contributed by atoms with Crippen molar-refractivity contribution in [3.8, 4) is 0 Å². The topological polar surface area (TPSA) is 105 Å². The number of carbonyl (C=O) groups excluding carboxylic acids is 1. The van der Waals surface area contributed by atoms with Crippen molar-refractivity contribution in [1.29, 1.82) is 0 Å². The molecule has 1 aromatic heterocycles. The third kappa shape index (κ3) is 4.23. The molecule has 1 fully saturated rings. The molecule has 0 bridgehead atoms. The first-order valence-corrected chi connectivity index (χ1v) is 11.5. The van der Waals surface area contributed by atoms with Crippen molar-refractivity contribution in [1.82, 2.24) is 20.3 Å². The van der Waals surface area contributed by atoms with E-state index in [1.54, 1.807) is 17.1 Å². The fourth-order valence-electron chi connectivity index (χ4n) is 4.50. The fraction of sp³-hybridized carbons (Fsp3) is 0.478. The van der Waals surface area contributed by atoms with Crippen molar-refractivity contribution >= 4 is 29.3 Å². The summed E-state index contributed by atoms with van der Waals surface area (Å²) in [4.78, 5) is 26.6. The second-order valence-electron chi connectivity index (χ2n) is 8.44. The number of ether oxygens (including phenoxy) is 2. The van der Waals surface area contributed by atoms with Gasteiger partial charge in [0.25, 0.3) is 5.91 Å². The molecule has 1 saturated heterocycles. The Kier molecular flexibility index (Phi) is 6.18. The van der Waals surface area contributed by atoms with E-state index < -0.39 is 5.82 Å². The molecule has 11 heteroatoms. The summed E-state index contributed by atoms with van der Waals surface area (Å²) in [6.45, 7) is 5.08. The molecule has 3 aliphatic rings. The largest absolute Gasteiger partial charge is 0.467 e. The van der Waals surface area contributed by atoms with E-state index in [9.17, 15) is 9.18 Å². The molecule has 1 aromatic carbocycles. The molecule has 5 rings (SSSR count). The van der Waals surface area contributed by atoms with Crippen molar-refractivity contribution in [3.63, 3.8) is 0 Å². The second-order valence-corrected chi connectivity index (χ2v) is 8.44. The number of hydrazine groups is 1. The van der Waals surface area contributed by atoms with Crippen LogP contribution in [0.1, 0.15) is 35.1 Å². The molecule has 3 aliphatic heterocycles. The number of methoxy groups -OCH3 is 1. The van der Waals surface area contributed by atoms with Gasteiger partial charge in [0.1, 0.15) is 11.5 Å². The van der Waals surface area contributed by atoms with E-state index in [4.69, 9.17) is 9.47 Å². The Labute approximate surface area is 196 Å². The van der Waals surface area contributed by atoms with Crippen molar-refractivity contribution < 1.29 is 18.7 Å². The maximum absolute atomic E-state index is 14.9. The molecule has 0 radical (unpaired) electrons. The van der Waals surface area contributed by atoms with E-state index in [2.05, 4.69) is 25.7 Å². The van der Waals surface area contributed by atoms with Gasteiger partial charge in [-0.1, -0.05) is 13.0 Å². The van der Waals surface area contributed by atoms with Gasteiger partial charge in [0, 0.05) is 25.6 Å². The molecule has 2 aromatic rings. The second kappa shape index (κ2) is 9.41. The Hall–Kier alpha value is -3.47. The number of hydrogen-bond donors (Lipinski definition) is 2. The van der Waals surface area contributed by atoms with Gasteiger partial charge in [-0.3, -0.25) is 15.2 Å². The predicted molar refractivity (Wildman–Crippen MR) is 125 cm³/mol. The number of benzene rings is 1. The highest BCUT2D eigenvalue weighted by molar-refractivity contribution is 5.96. The zero-order chi connectivity index (χ0) is 23.7. The zero-order valence-electron chi connectivity index (χ0n) is 19.3. The summed E-state index contributed by atoms with van der Waals surface area (Å²) in [7, 11) is 1.51. The number of anilines is 1. The molecular weight excluding hydrogens is 441 g/mol. The summed E-state index contributed by atoms with van der Waals surface area (Å²) < 4.78 is 27.4. The van der Waals surface area contributed by atoms with Gasteiger partial charge in [-0.05, 0) is 30.5 Å². The summed E-state index contributed by atoms with van der Waals surface area (Å²) in [5, 5.41) is 4.59. The van der Waals surface area contributed by atoms with Crippen LogP contribution in [0.5, 0.6) is 0 Å². The number of nitrogens with one attached hydrogen (secondary N) is 2. The Morgan fingerprint density at radius 2 is 2.29 bits per heavy atom. The quantitative estimate of drug-likeness (QED) is 0.694. The average molecular weight is 470 g/mol. The molecule has 2 N–H and O–H groups in total. The van der Waals surface area contributed by atoms with Gasteiger partial charge in [0.2, 0.25) is 5.95 Å². The highest BCUT2D eigenvalue weighted by Gasteiger charge is 2.31. The summed E-state index contributed by atoms with van der Waals surface area (Å²) in [6.07, 6.45) is 1.50. The Morgan fingerprint density at radius 1 is 1.41 bits per heavy atom. The molecule has 10 nitrogen and oxygen atoms in total. The Morgan fingerprint density at radius 3 is 3.09 bits per heavy atom. The minimum atomic E-state index is -0.394. The summed E-state index contributed by atoms with van der Waals surface area (Å²) in [5.41, 5.74) is 6.23. The lowest BCUT2D eigenvalue weighted by molar-refractivity contribution is 0.0937. The lowest BCUT2D eigenvalue weighted by Crippen LogP contribution is -2.48. The van der Waals surface area contributed by atoms with Crippen LogP contribution < -0.4 is 15.8 Å². The molecular formula is C23H28FN7O3. The van der Waals surface area contributed by atoms with Gasteiger partial charge in [0.05, 0.1) is 43.9 Å². The number of amidine groups is 1. The number of nitrogens with zero attached hydrogens (tertiary/aromatic N) is 5. The van der Waals surface area contributed by atoms with Crippen LogP contribution in [0.2, 0.25) is 0 Å². The van der Waals surface area contributed by atoms with Crippen LogP contribution in [0.3, 0.4) is 0 Å². The van der Waals surface area contributed by atoms with Crippen LogP contribution in [-0.4, -0.2) is 60.6 Å². The minimum Gasteiger partial charge on any atom is -0.467 e. The summed E-state index contributed by atoms with van der Waals surface area (Å²) >= 11 is 0. The number of fused-ring (bicyclic) bond motifs is 2. The van der Waals surface area contributed by atoms with Gasteiger partial charge < -0.3 is 19.4 Å². The summed E-state index contributed by atoms with van der Waals surface area (Å²) in [6, 6.07) is 5.25. The number of carbonyl (C=O) groups is 1. The van der Waals surface area contributed by atoms with Crippen molar-refractivity contribution in [2.45, 2.75) is 32.9 Å². The van der Waals surface area contributed by atoms with Crippen molar-refractivity contribution in [3.05, 3.63) is 41.0 Å². The van der Waals surface area contributed by atoms with Crippen molar-refractivity contribution in [2.75, 3.05) is 38.4 Å². The lowest BCUT2D eigenvalue weighted by Gasteiger charge is -2.29. The highest BCUT2D eigenvalue weighted by Crippen LogP contribution is 2.30. The van der Waals surface area contributed by atoms with Crippen LogP contribution in [0.25, 0.3) is 0 Å². The fourth-order valence-corrected chi connectivity index (χ4v) is 4.50. The van der Waals surface area contributed by atoms with E-state index in [0.717, 1.165) is 12.1 Å². The van der Waals surface area contributed by atoms with Crippen LogP contribution >= 0.6 is 0 Å². The van der Waals surface area contributed by atoms with Crippen LogP contribution in [0, 0.1) is 11.7 Å². The summed E-state index contributed by atoms with van der Waals surface area (Å²) in [5.74, 6) is 0.195. The van der Waals surface area contributed by atoms with Gasteiger partial charge in [0.15, 0.2) is 0 Å². The number of imidazole rings is 1. The molecule has 1 atom stereocenters. The van der Waals surface area contributed by atoms with E-state index in [-0.39, 0.29) is 18.4 Å². The number of aryl methyl sites for hydroxylation is 1. The van der Waals surface area contributed by atoms with E-state index in [1.807, 2.05) is 11.5 Å². The first kappa shape index (κ1) is 22.3. The zero-order valence-corrected chi connectivity index (χ0v) is 19.3. The third-order valence-corrected chi connectivity index (χ3v) is 6.31. The predicted octanol–water partition coefficient (Wildman–Crippen LogP) is 1.96. The van der Waals surface area contributed by atoms with Crippen molar-refractivity contribution in [2.24, 2.45) is 15.9 Å². The molecule has 34 heavy (non-hydrogen) atoms. The SMILES string of the molecule is CCc1nc2n(c1C(=O)NCc1ccc(N3CCN=C(OC)N3)c(F)c1)CC1CCOCC1=N2. The number of amides is 1. The first-order valence-electron chi connectivity index (χ1n) is 11.5. The minimum absolute atomic E-state index is 0.198. The van der Waals surface area contributed by atoms with E-state index in [1.165, 1.54) is 13.2 Å². The maximum Gasteiger partial charge on any atom is 0.303 e. The first-order chi connectivity index (χ1) is 16.6. The molecule has 1 unspecified atom stereocenters. The third-order valence-electron chi connectivity index (χ3n) is 6.31. The van der Waals surface area contributed by atoms with Crippen LogP contribution in [0.15, 0.2) is 28.2 Å². The number of aliphatic imine (C=N–C) groups is 2. The Balaban J connectivity index is 1.30. The number of halogens is 1. The number of hydrogen-bond acceptors (Lipinski definition) is 8. The maximum atomic E-state index is 14.9. The smallest absolute Gasteiger partial charge is 0.303 e. The molecule has 0 spiro atoms. The van der Waals surface area contributed by atoms with Crippen LogP contribution in [0.4, 0.5) is 16.0 Å². The monoisotopic (exact) mass is 469 g/mol. The molecule has 0 saturated carbocycles. The number of aromatic nitrogens is 2. The lowest BCUT2D eigenvalue weighted by atomic mass is 9.96. The van der Waals surface area contributed by atoms with Gasteiger partial charge in [-0.15, -0.1) is 0 Å². The molecule has 4 heterocycles. The molecule has 1 amide bonds. The normalized spacial score (nSPS) is 19.4. The average Bonchev–Trinajstić information content (AvgIpc) is 3.23.